The van der Waals surface area contributed by atoms with Crippen molar-refractivity contribution >= 4 is 0 Å². The SMILES string of the molecule is Cc1cccnc1C(C)N1CCCNCC1. The third kappa shape index (κ3) is 2.60. The molecule has 2 heterocycles. The predicted octanol–water partition coefficient (Wildman–Crippen LogP) is 1.75. The van der Waals surface area contributed by atoms with Gasteiger partial charge in [0.1, 0.15) is 0 Å². The highest BCUT2D eigenvalue weighted by Gasteiger charge is 2.19. The third-order valence-corrected chi connectivity index (χ3v) is 3.37. The number of hydrogen-bond acceptors (Lipinski definition) is 3. The van der Waals surface area contributed by atoms with Crippen molar-refractivity contribution in [3.05, 3.63) is 29.6 Å². The van der Waals surface area contributed by atoms with Crippen LogP contribution in [0, 0.1) is 6.92 Å². The maximum Gasteiger partial charge on any atom is 0.0601 e. The second-order valence-corrected chi connectivity index (χ2v) is 4.52. The van der Waals surface area contributed by atoms with E-state index in [-0.39, 0.29) is 0 Å². The standard InChI is InChI=1S/C13H21N3/c1-11-5-3-7-15-13(11)12(2)16-9-4-6-14-8-10-16/h3,5,7,12,14H,4,6,8-10H2,1-2H3. The Morgan fingerprint density at radius 1 is 1.38 bits per heavy atom. The molecule has 1 unspecified atom stereocenters. The molecule has 1 aliphatic heterocycles. The molecule has 0 spiro atoms. The zero-order valence-electron chi connectivity index (χ0n) is 10.2. The van der Waals surface area contributed by atoms with E-state index in [1.54, 1.807) is 0 Å². The Kier molecular flexibility index (Phi) is 3.91. The Hall–Kier alpha value is -0.930. The molecule has 0 aromatic carbocycles. The number of pyridine rings is 1. The fourth-order valence-electron chi connectivity index (χ4n) is 2.36. The summed E-state index contributed by atoms with van der Waals surface area (Å²) in [6, 6.07) is 4.59. The molecule has 0 amide bonds. The van der Waals surface area contributed by atoms with E-state index in [0.29, 0.717) is 6.04 Å². The first-order valence-electron chi connectivity index (χ1n) is 6.15. The van der Waals surface area contributed by atoms with E-state index in [4.69, 9.17) is 0 Å². The molecule has 1 fully saturated rings. The van der Waals surface area contributed by atoms with E-state index < -0.39 is 0 Å². The minimum Gasteiger partial charge on any atom is -0.315 e. The van der Waals surface area contributed by atoms with E-state index in [2.05, 4.69) is 35.1 Å². The van der Waals surface area contributed by atoms with E-state index in [1.165, 1.54) is 24.2 Å². The number of rotatable bonds is 2. The van der Waals surface area contributed by atoms with E-state index in [0.717, 1.165) is 19.6 Å². The average Bonchev–Trinajstić information content (AvgIpc) is 2.57. The van der Waals surface area contributed by atoms with Crippen molar-refractivity contribution in [3.8, 4) is 0 Å². The highest BCUT2D eigenvalue weighted by Crippen LogP contribution is 2.21. The quantitative estimate of drug-likeness (QED) is 0.821. The molecule has 1 N–H and O–H groups in total. The molecule has 88 valence electrons. The molecule has 0 saturated carbocycles. The fraction of sp³-hybridized carbons (Fsp3) is 0.615. The summed E-state index contributed by atoms with van der Waals surface area (Å²) in [6.07, 6.45) is 3.13. The summed E-state index contributed by atoms with van der Waals surface area (Å²) >= 11 is 0. The van der Waals surface area contributed by atoms with Crippen molar-refractivity contribution < 1.29 is 0 Å². The molecular formula is C13H21N3. The summed E-state index contributed by atoms with van der Waals surface area (Å²) < 4.78 is 0. The van der Waals surface area contributed by atoms with Gasteiger partial charge in [-0.25, -0.2) is 0 Å². The van der Waals surface area contributed by atoms with Gasteiger partial charge in [-0.15, -0.1) is 0 Å². The minimum atomic E-state index is 0.432. The van der Waals surface area contributed by atoms with Crippen LogP contribution >= 0.6 is 0 Å². The van der Waals surface area contributed by atoms with Crippen molar-refractivity contribution in [2.75, 3.05) is 26.2 Å². The summed E-state index contributed by atoms with van der Waals surface area (Å²) in [6.45, 7) is 8.94. The lowest BCUT2D eigenvalue weighted by molar-refractivity contribution is 0.221. The third-order valence-electron chi connectivity index (χ3n) is 3.37. The second-order valence-electron chi connectivity index (χ2n) is 4.52. The van der Waals surface area contributed by atoms with Crippen LogP contribution in [-0.4, -0.2) is 36.1 Å². The fourth-order valence-corrected chi connectivity index (χ4v) is 2.36. The lowest BCUT2D eigenvalue weighted by Crippen LogP contribution is -2.31. The predicted molar refractivity (Wildman–Crippen MR) is 66.4 cm³/mol. The first-order chi connectivity index (χ1) is 7.79. The van der Waals surface area contributed by atoms with Gasteiger partial charge in [-0.1, -0.05) is 6.07 Å². The van der Waals surface area contributed by atoms with Gasteiger partial charge in [0.15, 0.2) is 0 Å². The highest BCUT2D eigenvalue weighted by atomic mass is 15.2. The Balaban J connectivity index is 2.11. The highest BCUT2D eigenvalue weighted by molar-refractivity contribution is 5.20. The number of aryl methyl sites for hydroxylation is 1. The van der Waals surface area contributed by atoms with Gasteiger partial charge < -0.3 is 5.32 Å². The summed E-state index contributed by atoms with van der Waals surface area (Å²) in [5.41, 5.74) is 2.52. The Labute approximate surface area is 97.9 Å². The molecule has 1 aromatic heterocycles. The van der Waals surface area contributed by atoms with Gasteiger partial charge in [-0.05, 0) is 38.4 Å². The van der Waals surface area contributed by atoms with Crippen LogP contribution in [0.3, 0.4) is 0 Å². The van der Waals surface area contributed by atoms with E-state index in [9.17, 15) is 0 Å². The first kappa shape index (κ1) is 11.6. The molecule has 0 radical (unpaired) electrons. The Morgan fingerprint density at radius 2 is 2.25 bits per heavy atom. The van der Waals surface area contributed by atoms with Crippen molar-refractivity contribution in [2.24, 2.45) is 0 Å². The van der Waals surface area contributed by atoms with Crippen molar-refractivity contribution in [2.45, 2.75) is 26.3 Å². The second kappa shape index (κ2) is 5.41. The van der Waals surface area contributed by atoms with Crippen LogP contribution in [-0.2, 0) is 0 Å². The van der Waals surface area contributed by atoms with Gasteiger partial charge in [0, 0.05) is 31.9 Å². The summed E-state index contributed by atoms with van der Waals surface area (Å²) in [4.78, 5) is 7.05. The summed E-state index contributed by atoms with van der Waals surface area (Å²) in [5.74, 6) is 0. The maximum atomic E-state index is 4.52. The van der Waals surface area contributed by atoms with E-state index >= 15 is 0 Å². The average molecular weight is 219 g/mol. The summed E-state index contributed by atoms with van der Waals surface area (Å²) in [5, 5.41) is 3.44. The molecule has 1 atom stereocenters. The van der Waals surface area contributed by atoms with Gasteiger partial charge in [-0.2, -0.15) is 0 Å². The molecule has 1 saturated heterocycles. The topological polar surface area (TPSA) is 28.2 Å². The Bertz CT molecular complexity index is 330. The van der Waals surface area contributed by atoms with Crippen molar-refractivity contribution in [3.63, 3.8) is 0 Å². The van der Waals surface area contributed by atoms with Gasteiger partial charge in [0.25, 0.3) is 0 Å². The van der Waals surface area contributed by atoms with Gasteiger partial charge in [0.2, 0.25) is 0 Å². The number of nitrogens with zero attached hydrogens (tertiary/aromatic N) is 2. The first-order valence-corrected chi connectivity index (χ1v) is 6.15. The molecule has 1 aromatic rings. The van der Waals surface area contributed by atoms with Crippen LogP contribution in [0.2, 0.25) is 0 Å². The van der Waals surface area contributed by atoms with Crippen LogP contribution in [0.15, 0.2) is 18.3 Å². The number of nitrogens with one attached hydrogen (secondary N) is 1. The van der Waals surface area contributed by atoms with Crippen LogP contribution in [0.1, 0.15) is 30.6 Å². The van der Waals surface area contributed by atoms with Crippen LogP contribution < -0.4 is 5.32 Å². The molecule has 16 heavy (non-hydrogen) atoms. The lowest BCUT2D eigenvalue weighted by Gasteiger charge is -2.27. The number of hydrogen-bond donors (Lipinski definition) is 1. The molecular weight excluding hydrogens is 198 g/mol. The summed E-state index contributed by atoms with van der Waals surface area (Å²) in [7, 11) is 0. The molecule has 3 heteroatoms. The van der Waals surface area contributed by atoms with E-state index in [1.807, 2.05) is 12.3 Å². The molecule has 2 rings (SSSR count). The van der Waals surface area contributed by atoms with Crippen LogP contribution in [0.4, 0.5) is 0 Å². The van der Waals surface area contributed by atoms with Gasteiger partial charge >= 0.3 is 0 Å². The smallest absolute Gasteiger partial charge is 0.0601 e. The van der Waals surface area contributed by atoms with Crippen molar-refractivity contribution in [1.82, 2.24) is 15.2 Å². The zero-order valence-corrected chi connectivity index (χ0v) is 10.2. The molecule has 0 bridgehead atoms. The Morgan fingerprint density at radius 3 is 3.06 bits per heavy atom. The lowest BCUT2D eigenvalue weighted by atomic mass is 10.1. The maximum absolute atomic E-state index is 4.52. The number of aromatic nitrogens is 1. The monoisotopic (exact) mass is 219 g/mol. The zero-order chi connectivity index (χ0) is 11.4. The molecule has 0 aliphatic carbocycles. The molecule has 1 aliphatic rings. The largest absolute Gasteiger partial charge is 0.315 e. The normalized spacial score (nSPS) is 20.4. The van der Waals surface area contributed by atoms with Crippen molar-refractivity contribution in [1.29, 1.82) is 0 Å². The minimum absolute atomic E-state index is 0.432. The van der Waals surface area contributed by atoms with Crippen LogP contribution in [0.5, 0.6) is 0 Å². The van der Waals surface area contributed by atoms with Gasteiger partial charge in [0.05, 0.1) is 5.69 Å². The van der Waals surface area contributed by atoms with Crippen LogP contribution in [0.25, 0.3) is 0 Å². The molecule has 3 nitrogen and oxygen atoms in total. The van der Waals surface area contributed by atoms with Gasteiger partial charge in [-0.3, -0.25) is 9.88 Å².